The topological polar surface area (TPSA) is 103 Å². The zero-order valence-electron chi connectivity index (χ0n) is 11.3. The Bertz CT molecular complexity index is 722. The van der Waals surface area contributed by atoms with E-state index in [0.717, 1.165) is 11.3 Å². The van der Waals surface area contributed by atoms with Crippen LogP contribution in [0.1, 0.15) is 11.3 Å². The third-order valence-electron chi connectivity index (χ3n) is 3.08. The largest absolute Gasteiger partial charge is 0.469 e. The molecule has 0 saturated carbocycles. The molecule has 1 heterocycles. The molecule has 0 unspecified atom stereocenters. The fourth-order valence-corrected chi connectivity index (χ4v) is 2.81. The number of primary sulfonamides is 1. The number of nitrogens with zero attached hydrogens (tertiary/aromatic N) is 1. The molecule has 1 aromatic heterocycles. The van der Waals surface area contributed by atoms with Crippen molar-refractivity contribution in [3.05, 3.63) is 41.9 Å². The van der Waals surface area contributed by atoms with E-state index in [4.69, 9.17) is 15.3 Å². The second-order valence-corrected chi connectivity index (χ2v) is 6.16. The summed E-state index contributed by atoms with van der Waals surface area (Å²) in [6.45, 7) is 2.36. The van der Waals surface area contributed by atoms with E-state index in [-0.39, 0.29) is 4.90 Å². The van der Waals surface area contributed by atoms with Gasteiger partial charge in [0.15, 0.2) is 0 Å². The molecule has 1 aromatic carbocycles. The third-order valence-corrected chi connectivity index (χ3v) is 4.02. The molecule has 0 aliphatic rings. The van der Waals surface area contributed by atoms with Crippen LogP contribution in [-0.4, -0.2) is 15.5 Å². The van der Waals surface area contributed by atoms with Crippen LogP contribution in [0.3, 0.4) is 0 Å². The van der Waals surface area contributed by atoms with Crippen LogP contribution in [0.25, 0.3) is 0 Å². The van der Waals surface area contributed by atoms with Gasteiger partial charge >= 0.3 is 0 Å². The van der Waals surface area contributed by atoms with E-state index >= 15 is 0 Å². The number of nitrogen functional groups attached to an aromatic ring is 1. The number of hydrogen-bond acceptors (Lipinski definition) is 5. The maximum Gasteiger partial charge on any atom is 0.240 e. The van der Waals surface area contributed by atoms with Gasteiger partial charge in [0.05, 0.1) is 12.0 Å². The first kappa shape index (κ1) is 14.4. The zero-order chi connectivity index (χ0) is 14.9. The Kier molecular flexibility index (Phi) is 3.74. The summed E-state index contributed by atoms with van der Waals surface area (Å²) >= 11 is 0. The van der Waals surface area contributed by atoms with E-state index in [2.05, 4.69) is 0 Å². The molecular formula is C13H17N3O3S. The number of hydrogen-bond donors (Lipinski definition) is 2. The summed E-state index contributed by atoms with van der Waals surface area (Å²) in [5.74, 6) is 0.796. The van der Waals surface area contributed by atoms with Gasteiger partial charge < -0.3 is 15.1 Å². The molecule has 0 radical (unpaired) electrons. The highest BCUT2D eigenvalue weighted by atomic mass is 32.2. The van der Waals surface area contributed by atoms with Crippen molar-refractivity contribution >= 4 is 21.4 Å². The fourth-order valence-electron chi connectivity index (χ4n) is 1.99. The number of benzene rings is 1. The third kappa shape index (κ3) is 2.94. The molecule has 0 spiro atoms. The molecule has 4 N–H and O–H groups in total. The minimum Gasteiger partial charge on any atom is -0.469 e. The number of aryl methyl sites for hydroxylation is 1. The smallest absolute Gasteiger partial charge is 0.240 e. The van der Waals surface area contributed by atoms with Crippen molar-refractivity contribution in [3.8, 4) is 0 Å². The minimum absolute atomic E-state index is 0.0150. The molecule has 6 nitrogen and oxygen atoms in total. The predicted octanol–water partition coefficient (Wildman–Crippen LogP) is 1.45. The van der Waals surface area contributed by atoms with Gasteiger partial charge in [-0.15, -0.1) is 0 Å². The number of sulfonamides is 1. The molecule has 0 atom stereocenters. The van der Waals surface area contributed by atoms with E-state index in [1.807, 2.05) is 13.0 Å². The molecule has 0 amide bonds. The average molecular weight is 295 g/mol. The van der Waals surface area contributed by atoms with Crippen LogP contribution >= 0.6 is 0 Å². The number of furan rings is 1. The van der Waals surface area contributed by atoms with Gasteiger partial charge in [-0.3, -0.25) is 0 Å². The van der Waals surface area contributed by atoms with Gasteiger partial charge in [-0.2, -0.15) is 0 Å². The maximum absolute atomic E-state index is 11.7. The zero-order valence-corrected chi connectivity index (χ0v) is 12.1. The summed E-state index contributed by atoms with van der Waals surface area (Å²) in [6, 6.07) is 6.50. The van der Waals surface area contributed by atoms with Gasteiger partial charge in [-0.05, 0) is 31.2 Å². The minimum atomic E-state index is -3.84. The molecule has 0 aliphatic carbocycles. The first-order valence-corrected chi connectivity index (χ1v) is 7.50. The molecule has 0 bridgehead atoms. The Morgan fingerprint density at radius 2 is 2.00 bits per heavy atom. The summed E-state index contributed by atoms with van der Waals surface area (Å²) < 4.78 is 28.5. The molecular weight excluding hydrogens is 278 g/mol. The van der Waals surface area contributed by atoms with Crippen LogP contribution in [0.5, 0.6) is 0 Å². The monoisotopic (exact) mass is 295 g/mol. The van der Waals surface area contributed by atoms with Gasteiger partial charge in [0.1, 0.15) is 10.7 Å². The molecule has 108 valence electrons. The van der Waals surface area contributed by atoms with Crippen molar-refractivity contribution in [1.29, 1.82) is 0 Å². The Morgan fingerprint density at radius 3 is 2.55 bits per heavy atom. The number of anilines is 2. The Labute approximate surface area is 118 Å². The normalized spacial score (nSPS) is 11.6. The van der Waals surface area contributed by atoms with Crippen LogP contribution in [0.2, 0.25) is 0 Å². The summed E-state index contributed by atoms with van der Waals surface area (Å²) in [6.07, 6.45) is 1.60. The van der Waals surface area contributed by atoms with Gasteiger partial charge in [0, 0.05) is 24.8 Å². The van der Waals surface area contributed by atoms with Gasteiger partial charge in [-0.25, -0.2) is 13.6 Å². The molecule has 0 fully saturated rings. The van der Waals surface area contributed by atoms with Crippen molar-refractivity contribution in [3.63, 3.8) is 0 Å². The van der Waals surface area contributed by atoms with Gasteiger partial charge in [-0.1, -0.05) is 0 Å². The lowest BCUT2D eigenvalue weighted by molar-refractivity contribution is 0.529. The van der Waals surface area contributed by atoms with Crippen molar-refractivity contribution in [1.82, 2.24) is 0 Å². The lowest BCUT2D eigenvalue weighted by Crippen LogP contribution is -2.22. The lowest BCUT2D eigenvalue weighted by atomic mass is 10.2. The fraction of sp³-hybridized carbons (Fsp3) is 0.231. The van der Waals surface area contributed by atoms with Crippen LogP contribution in [0, 0.1) is 6.92 Å². The van der Waals surface area contributed by atoms with E-state index in [9.17, 15) is 8.42 Å². The van der Waals surface area contributed by atoms with Crippen molar-refractivity contribution in [2.75, 3.05) is 17.7 Å². The van der Waals surface area contributed by atoms with Crippen molar-refractivity contribution < 1.29 is 12.8 Å². The Balaban J connectivity index is 2.40. The number of rotatable bonds is 4. The molecule has 0 saturated heterocycles. The van der Waals surface area contributed by atoms with Crippen LogP contribution in [-0.2, 0) is 16.6 Å². The predicted molar refractivity (Wildman–Crippen MR) is 77.8 cm³/mol. The Morgan fingerprint density at radius 1 is 1.30 bits per heavy atom. The van der Waals surface area contributed by atoms with E-state index in [1.54, 1.807) is 30.3 Å². The molecule has 20 heavy (non-hydrogen) atoms. The van der Waals surface area contributed by atoms with Crippen LogP contribution in [0.4, 0.5) is 11.4 Å². The van der Waals surface area contributed by atoms with Crippen molar-refractivity contribution in [2.24, 2.45) is 5.14 Å². The van der Waals surface area contributed by atoms with E-state index in [0.29, 0.717) is 17.9 Å². The lowest BCUT2D eigenvalue weighted by Gasteiger charge is -2.21. The molecule has 2 aromatic rings. The highest BCUT2D eigenvalue weighted by Crippen LogP contribution is 2.27. The first-order chi connectivity index (χ1) is 9.29. The summed E-state index contributed by atoms with van der Waals surface area (Å²) in [5.41, 5.74) is 7.46. The second kappa shape index (κ2) is 5.18. The van der Waals surface area contributed by atoms with Gasteiger partial charge in [0.2, 0.25) is 10.0 Å². The van der Waals surface area contributed by atoms with Crippen LogP contribution < -0.4 is 15.8 Å². The van der Waals surface area contributed by atoms with E-state index < -0.39 is 10.0 Å². The summed E-state index contributed by atoms with van der Waals surface area (Å²) in [7, 11) is -2.05. The SMILES string of the molecule is Cc1occc1CN(C)c1ccc(N)cc1S(N)(=O)=O. The molecule has 2 rings (SSSR count). The van der Waals surface area contributed by atoms with Crippen LogP contribution in [0.15, 0.2) is 39.8 Å². The summed E-state index contributed by atoms with van der Waals surface area (Å²) in [5, 5.41) is 5.24. The molecule has 0 aliphatic heterocycles. The second-order valence-electron chi connectivity index (χ2n) is 4.63. The average Bonchev–Trinajstić information content (AvgIpc) is 2.73. The highest BCUT2D eigenvalue weighted by Gasteiger charge is 2.18. The van der Waals surface area contributed by atoms with Crippen molar-refractivity contribution in [2.45, 2.75) is 18.4 Å². The quantitative estimate of drug-likeness (QED) is 0.831. The van der Waals surface area contributed by atoms with Gasteiger partial charge in [0.25, 0.3) is 0 Å². The maximum atomic E-state index is 11.7. The molecule has 7 heteroatoms. The standard InChI is InChI=1S/C13H17N3O3S/c1-9-10(5-6-19-9)8-16(2)12-4-3-11(14)7-13(12)20(15,17)18/h3-7H,8,14H2,1-2H3,(H2,15,17,18). The first-order valence-electron chi connectivity index (χ1n) is 5.95. The number of nitrogens with two attached hydrogens (primary N) is 2. The van der Waals surface area contributed by atoms with E-state index in [1.165, 1.54) is 6.07 Å². The summed E-state index contributed by atoms with van der Waals surface area (Å²) in [4.78, 5) is 1.80. The Hall–Kier alpha value is -1.99. The highest BCUT2D eigenvalue weighted by molar-refractivity contribution is 7.89.